The maximum Gasteiger partial charge on any atom is 0.251 e. The first-order valence-corrected chi connectivity index (χ1v) is 9.33. The van der Waals surface area contributed by atoms with Crippen LogP contribution in [0.5, 0.6) is 0 Å². The fourth-order valence-corrected chi connectivity index (χ4v) is 3.76. The Morgan fingerprint density at radius 2 is 1.81 bits per heavy atom. The van der Waals surface area contributed by atoms with Gasteiger partial charge in [-0.05, 0) is 63.7 Å². The van der Waals surface area contributed by atoms with E-state index >= 15 is 0 Å². The van der Waals surface area contributed by atoms with Gasteiger partial charge in [-0.1, -0.05) is 30.3 Å². The van der Waals surface area contributed by atoms with Crippen molar-refractivity contribution in [1.82, 2.24) is 15.1 Å². The molecule has 136 valence electrons. The van der Waals surface area contributed by atoms with Crippen molar-refractivity contribution >= 4 is 0 Å². The summed E-state index contributed by atoms with van der Waals surface area (Å²) in [4.78, 5) is 2.41. The first kappa shape index (κ1) is 17.0. The van der Waals surface area contributed by atoms with Crippen LogP contribution >= 0.6 is 0 Å². The van der Waals surface area contributed by atoms with Gasteiger partial charge < -0.3 is 8.83 Å². The highest BCUT2D eigenvalue weighted by molar-refractivity contribution is 5.55. The van der Waals surface area contributed by atoms with Crippen LogP contribution in [0.25, 0.3) is 11.5 Å². The van der Waals surface area contributed by atoms with E-state index in [0.29, 0.717) is 11.8 Å². The first-order valence-electron chi connectivity index (χ1n) is 9.33. The van der Waals surface area contributed by atoms with E-state index in [1.165, 1.54) is 24.8 Å². The van der Waals surface area contributed by atoms with Gasteiger partial charge in [0.2, 0.25) is 5.89 Å². The quantitative estimate of drug-likeness (QED) is 0.682. The minimum absolute atomic E-state index is 0.549. The largest absolute Gasteiger partial charge is 0.466 e. The van der Waals surface area contributed by atoms with Gasteiger partial charge >= 0.3 is 0 Å². The molecule has 0 radical (unpaired) electrons. The van der Waals surface area contributed by atoms with Crippen molar-refractivity contribution in [3.05, 3.63) is 59.4 Å². The van der Waals surface area contributed by atoms with Crippen LogP contribution in [0.2, 0.25) is 0 Å². The SMILES string of the molecule is Cc1cc(-c2nnc(CN3CCC(Cc4ccccc4)CC3)o2)c(C)o1. The number of piperidine rings is 1. The number of rotatable bonds is 5. The van der Waals surface area contributed by atoms with Crippen LogP contribution < -0.4 is 0 Å². The number of aromatic nitrogens is 2. The van der Waals surface area contributed by atoms with Gasteiger partial charge in [-0.3, -0.25) is 4.90 Å². The predicted octanol–water partition coefficient (Wildman–Crippen LogP) is 4.40. The van der Waals surface area contributed by atoms with E-state index in [4.69, 9.17) is 8.83 Å². The van der Waals surface area contributed by atoms with E-state index in [-0.39, 0.29) is 0 Å². The van der Waals surface area contributed by atoms with E-state index < -0.39 is 0 Å². The van der Waals surface area contributed by atoms with Gasteiger partial charge in [0.15, 0.2) is 0 Å². The Hall–Kier alpha value is -2.40. The van der Waals surface area contributed by atoms with Crippen molar-refractivity contribution in [2.24, 2.45) is 5.92 Å². The van der Waals surface area contributed by atoms with Gasteiger partial charge in [0.25, 0.3) is 5.89 Å². The van der Waals surface area contributed by atoms with E-state index in [1.807, 2.05) is 19.9 Å². The zero-order valence-corrected chi connectivity index (χ0v) is 15.4. The summed E-state index contributed by atoms with van der Waals surface area (Å²) in [7, 11) is 0. The minimum atomic E-state index is 0.549. The molecule has 4 rings (SSSR count). The molecule has 0 N–H and O–H groups in total. The van der Waals surface area contributed by atoms with E-state index in [0.717, 1.165) is 42.6 Å². The van der Waals surface area contributed by atoms with Crippen molar-refractivity contribution in [3.8, 4) is 11.5 Å². The highest BCUT2D eigenvalue weighted by Gasteiger charge is 2.22. The number of hydrogen-bond donors (Lipinski definition) is 0. The van der Waals surface area contributed by atoms with Gasteiger partial charge in [-0.15, -0.1) is 10.2 Å². The Labute approximate surface area is 154 Å². The monoisotopic (exact) mass is 351 g/mol. The number of likely N-dealkylation sites (tertiary alicyclic amines) is 1. The topological polar surface area (TPSA) is 55.3 Å². The smallest absolute Gasteiger partial charge is 0.251 e. The molecule has 1 saturated heterocycles. The minimum Gasteiger partial charge on any atom is -0.466 e. The van der Waals surface area contributed by atoms with Crippen molar-refractivity contribution in [3.63, 3.8) is 0 Å². The normalized spacial score (nSPS) is 16.2. The lowest BCUT2D eigenvalue weighted by Gasteiger charge is -2.31. The number of furan rings is 1. The second-order valence-corrected chi connectivity index (χ2v) is 7.24. The van der Waals surface area contributed by atoms with Gasteiger partial charge in [0.05, 0.1) is 12.1 Å². The Bertz CT molecular complexity index is 845. The summed E-state index contributed by atoms with van der Waals surface area (Å²) in [5, 5.41) is 8.42. The summed E-state index contributed by atoms with van der Waals surface area (Å²) in [5.41, 5.74) is 2.33. The Morgan fingerprint density at radius 3 is 2.50 bits per heavy atom. The molecule has 0 aliphatic carbocycles. The van der Waals surface area contributed by atoms with Gasteiger partial charge in [-0.2, -0.15) is 0 Å². The molecule has 3 heterocycles. The molecule has 0 atom stereocenters. The Kier molecular flexibility index (Phi) is 4.89. The number of benzene rings is 1. The van der Waals surface area contributed by atoms with E-state index in [1.54, 1.807) is 0 Å². The molecule has 0 unspecified atom stereocenters. The predicted molar refractivity (Wildman–Crippen MR) is 99.6 cm³/mol. The van der Waals surface area contributed by atoms with Crippen LogP contribution in [0.4, 0.5) is 0 Å². The fraction of sp³-hybridized carbons (Fsp3) is 0.429. The highest BCUT2D eigenvalue weighted by Crippen LogP contribution is 2.26. The molecule has 3 aromatic rings. The average Bonchev–Trinajstić information content (AvgIpc) is 3.23. The number of aryl methyl sites for hydroxylation is 2. The molecule has 0 bridgehead atoms. The highest BCUT2D eigenvalue weighted by atomic mass is 16.4. The van der Waals surface area contributed by atoms with Gasteiger partial charge in [0.1, 0.15) is 11.5 Å². The number of hydrogen-bond acceptors (Lipinski definition) is 5. The molecule has 26 heavy (non-hydrogen) atoms. The van der Waals surface area contributed by atoms with Gasteiger partial charge in [0, 0.05) is 0 Å². The first-order chi connectivity index (χ1) is 12.7. The zero-order chi connectivity index (χ0) is 17.9. The van der Waals surface area contributed by atoms with Crippen molar-refractivity contribution < 1.29 is 8.83 Å². The maximum absolute atomic E-state index is 5.87. The van der Waals surface area contributed by atoms with Gasteiger partial charge in [-0.25, -0.2) is 0 Å². The average molecular weight is 351 g/mol. The summed E-state index contributed by atoms with van der Waals surface area (Å²) in [6.07, 6.45) is 3.62. The molecule has 0 spiro atoms. The maximum atomic E-state index is 5.87. The Balaban J connectivity index is 1.31. The van der Waals surface area contributed by atoms with E-state index in [2.05, 4.69) is 45.4 Å². The molecule has 5 heteroatoms. The third kappa shape index (κ3) is 3.88. The molecule has 2 aromatic heterocycles. The van der Waals surface area contributed by atoms with Crippen LogP contribution in [0.3, 0.4) is 0 Å². The molecular weight excluding hydrogens is 326 g/mol. The third-order valence-corrected chi connectivity index (χ3v) is 5.17. The number of nitrogens with zero attached hydrogens (tertiary/aromatic N) is 3. The van der Waals surface area contributed by atoms with Crippen LogP contribution in [0.15, 0.2) is 45.2 Å². The van der Waals surface area contributed by atoms with Crippen molar-refractivity contribution in [2.45, 2.75) is 39.7 Å². The van der Waals surface area contributed by atoms with Crippen LogP contribution in [0, 0.1) is 19.8 Å². The Morgan fingerprint density at radius 1 is 1.04 bits per heavy atom. The lowest BCUT2D eigenvalue weighted by molar-refractivity contribution is 0.164. The zero-order valence-electron chi connectivity index (χ0n) is 15.4. The summed E-state index contributed by atoms with van der Waals surface area (Å²) in [5.74, 6) is 3.67. The fourth-order valence-electron chi connectivity index (χ4n) is 3.76. The molecule has 1 fully saturated rings. The summed E-state index contributed by atoms with van der Waals surface area (Å²) in [6.45, 7) is 6.73. The lowest BCUT2D eigenvalue weighted by atomic mass is 9.90. The van der Waals surface area contributed by atoms with Crippen molar-refractivity contribution in [2.75, 3.05) is 13.1 Å². The second-order valence-electron chi connectivity index (χ2n) is 7.24. The molecule has 0 amide bonds. The molecule has 1 aliphatic rings. The van der Waals surface area contributed by atoms with E-state index in [9.17, 15) is 0 Å². The molecule has 0 saturated carbocycles. The standard InChI is InChI=1S/C21H25N3O2/c1-15-12-19(16(2)25-15)21-23-22-20(26-21)14-24-10-8-18(9-11-24)13-17-6-4-3-5-7-17/h3-7,12,18H,8-11,13-14H2,1-2H3. The van der Waals surface area contributed by atoms with Crippen LogP contribution in [-0.4, -0.2) is 28.2 Å². The molecular formula is C21H25N3O2. The summed E-state index contributed by atoms with van der Waals surface area (Å²) >= 11 is 0. The van der Waals surface area contributed by atoms with Crippen molar-refractivity contribution in [1.29, 1.82) is 0 Å². The molecule has 1 aromatic carbocycles. The second kappa shape index (κ2) is 7.46. The lowest BCUT2D eigenvalue weighted by Crippen LogP contribution is -2.33. The summed E-state index contributed by atoms with van der Waals surface area (Å²) < 4.78 is 11.4. The molecule has 5 nitrogen and oxygen atoms in total. The molecule has 1 aliphatic heterocycles. The summed E-state index contributed by atoms with van der Waals surface area (Å²) in [6, 6.07) is 12.7. The van der Waals surface area contributed by atoms with Crippen LogP contribution in [0.1, 0.15) is 35.8 Å². The van der Waals surface area contributed by atoms with Crippen LogP contribution in [-0.2, 0) is 13.0 Å². The third-order valence-electron chi connectivity index (χ3n) is 5.17.